The third-order valence-corrected chi connectivity index (χ3v) is 6.21. The molecule has 0 radical (unpaired) electrons. The smallest absolute Gasteiger partial charge is 0.311 e. The van der Waals surface area contributed by atoms with Crippen LogP contribution in [-0.4, -0.2) is 33.1 Å². The summed E-state index contributed by atoms with van der Waals surface area (Å²) in [4.78, 5) is 31.9. The van der Waals surface area contributed by atoms with Gasteiger partial charge >= 0.3 is 5.56 Å². The maximum Gasteiger partial charge on any atom is 0.311 e. The number of fused-ring (bicyclic) bond motifs is 1. The van der Waals surface area contributed by atoms with Crippen LogP contribution in [0.4, 0.5) is 9.52 Å². The van der Waals surface area contributed by atoms with E-state index in [0.29, 0.717) is 42.4 Å². The van der Waals surface area contributed by atoms with E-state index in [9.17, 15) is 14.0 Å². The van der Waals surface area contributed by atoms with Gasteiger partial charge in [0.25, 0.3) is 0 Å². The molecule has 1 aliphatic rings. The SMILES string of the molecule is CCCc1nc2sc(N3CCCCC3C(=O)NCc3ccccc3)nn2c(=O)c1F. The van der Waals surface area contributed by atoms with Gasteiger partial charge in [0.2, 0.25) is 21.8 Å². The molecule has 1 saturated heterocycles. The van der Waals surface area contributed by atoms with Crippen molar-refractivity contribution >= 4 is 27.3 Å². The highest BCUT2D eigenvalue weighted by molar-refractivity contribution is 7.20. The van der Waals surface area contributed by atoms with E-state index in [1.807, 2.05) is 42.2 Å². The predicted octanol–water partition coefficient (Wildman–Crippen LogP) is 2.92. The Labute approximate surface area is 177 Å². The summed E-state index contributed by atoms with van der Waals surface area (Å²) < 4.78 is 15.3. The van der Waals surface area contributed by atoms with Crippen molar-refractivity contribution in [3.05, 3.63) is 57.8 Å². The van der Waals surface area contributed by atoms with Gasteiger partial charge in [-0.3, -0.25) is 9.59 Å². The summed E-state index contributed by atoms with van der Waals surface area (Å²) in [5, 5.41) is 7.84. The molecular formula is C21H24FN5O2S. The summed E-state index contributed by atoms with van der Waals surface area (Å²) >= 11 is 1.22. The van der Waals surface area contributed by atoms with Crippen LogP contribution in [0.1, 0.15) is 43.9 Å². The lowest BCUT2D eigenvalue weighted by Gasteiger charge is -2.34. The first kappa shape index (κ1) is 20.5. The molecule has 3 aromatic rings. The molecular weight excluding hydrogens is 405 g/mol. The highest BCUT2D eigenvalue weighted by Crippen LogP contribution is 2.29. The van der Waals surface area contributed by atoms with Gasteiger partial charge in [-0.25, -0.2) is 4.98 Å². The Bertz CT molecular complexity index is 1100. The molecule has 9 heteroatoms. The van der Waals surface area contributed by atoms with Crippen LogP contribution in [0.2, 0.25) is 0 Å². The Morgan fingerprint density at radius 1 is 1.30 bits per heavy atom. The van der Waals surface area contributed by atoms with Crippen molar-refractivity contribution in [1.29, 1.82) is 0 Å². The molecule has 1 unspecified atom stereocenters. The molecule has 1 N–H and O–H groups in total. The maximum atomic E-state index is 14.3. The van der Waals surface area contributed by atoms with E-state index in [4.69, 9.17) is 0 Å². The molecule has 0 spiro atoms. The number of halogens is 1. The van der Waals surface area contributed by atoms with Crippen LogP contribution in [0, 0.1) is 5.82 Å². The van der Waals surface area contributed by atoms with E-state index in [2.05, 4.69) is 15.4 Å². The zero-order valence-electron chi connectivity index (χ0n) is 16.8. The molecule has 30 heavy (non-hydrogen) atoms. The molecule has 0 bridgehead atoms. The largest absolute Gasteiger partial charge is 0.350 e. The minimum absolute atomic E-state index is 0.0732. The number of carbonyl (C=O) groups is 1. The second kappa shape index (κ2) is 8.91. The predicted molar refractivity (Wildman–Crippen MR) is 114 cm³/mol. The maximum absolute atomic E-state index is 14.3. The number of anilines is 1. The fraction of sp³-hybridized carbons (Fsp3) is 0.429. The van der Waals surface area contributed by atoms with Crippen molar-refractivity contribution in [2.75, 3.05) is 11.4 Å². The van der Waals surface area contributed by atoms with E-state index in [0.717, 1.165) is 22.9 Å². The molecule has 2 aromatic heterocycles. The van der Waals surface area contributed by atoms with Gasteiger partial charge in [0.05, 0.1) is 5.69 Å². The van der Waals surface area contributed by atoms with Crippen LogP contribution in [0.3, 0.4) is 0 Å². The quantitative estimate of drug-likeness (QED) is 0.652. The van der Waals surface area contributed by atoms with Crippen LogP contribution in [0.25, 0.3) is 4.96 Å². The van der Waals surface area contributed by atoms with Crippen molar-refractivity contribution in [2.45, 2.75) is 51.6 Å². The van der Waals surface area contributed by atoms with Crippen LogP contribution in [-0.2, 0) is 17.8 Å². The standard InChI is InChI=1S/C21H24FN5O2S/c1-2-8-15-17(22)19(29)27-20(24-15)30-21(25-27)26-12-7-6-11-16(26)18(28)23-13-14-9-4-3-5-10-14/h3-5,9-10,16H,2,6-8,11-13H2,1H3,(H,23,28). The van der Waals surface area contributed by atoms with Gasteiger partial charge < -0.3 is 10.2 Å². The highest BCUT2D eigenvalue weighted by Gasteiger charge is 2.31. The lowest BCUT2D eigenvalue weighted by atomic mass is 10.0. The van der Waals surface area contributed by atoms with Gasteiger partial charge in [-0.2, -0.15) is 8.91 Å². The fourth-order valence-electron chi connectivity index (χ4n) is 3.71. The first-order valence-electron chi connectivity index (χ1n) is 10.2. The zero-order valence-corrected chi connectivity index (χ0v) is 17.6. The number of piperidine rings is 1. The van der Waals surface area contributed by atoms with E-state index >= 15 is 0 Å². The van der Waals surface area contributed by atoms with Crippen molar-refractivity contribution in [3.8, 4) is 0 Å². The molecule has 0 saturated carbocycles. The summed E-state index contributed by atoms with van der Waals surface area (Å²) in [7, 11) is 0. The number of amides is 1. The van der Waals surface area contributed by atoms with Gasteiger partial charge in [0.15, 0.2) is 0 Å². The molecule has 1 aliphatic heterocycles. The van der Waals surface area contributed by atoms with E-state index in [1.54, 1.807) is 0 Å². The Hall–Kier alpha value is -2.81. The second-order valence-corrected chi connectivity index (χ2v) is 8.35. The zero-order chi connectivity index (χ0) is 21.1. The molecule has 0 aliphatic carbocycles. The number of carbonyl (C=O) groups excluding carboxylic acids is 1. The molecule has 7 nitrogen and oxygen atoms in total. The van der Waals surface area contributed by atoms with Gasteiger partial charge in [-0.1, -0.05) is 55.0 Å². The number of benzene rings is 1. The normalized spacial score (nSPS) is 16.7. The summed E-state index contributed by atoms with van der Waals surface area (Å²) in [5.41, 5.74) is 0.421. The van der Waals surface area contributed by atoms with Crippen LogP contribution < -0.4 is 15.8 Å². The number of hydrogen-bond donors (Lipinski definition) is 1. The molecule has 1 fully saturated rings. The third-order valence-electron chi connectivity index (χ3n) is 5.26. The number of rotatable bonds is 6. The van der Waals surface area contributed by atoms with Crippen molar-refractivity contribution in [1.82, 2.24) is 19.9 Å². The molecule has 1 aromatic carbocycles. The Balaban J connectivity index is 1.59. The van der Waals surface area contributed by atoms with E-state index in [1.165, 1.54) is 11.3 Å². The third kappa shape index (κ3) is 4.07. The van der Waals surface area contributed by atoms with Crippen molar-refractivity contribution in [2.24, 2.45) is 0 Å². The molecule has 3 heterocycles. The Kier molecular flexibility index (Phi) is 6.08. The van der Waals surface area contributed by atoms with Crippen LogP contribution in [0.5, 0.6) is 0 Å². The number of nitrogens with one attached hydrogen (secondary N) is 1. The lowest BCUT2D eigenvalue weighted by Crippen LogP contribution is -2.49. The molecule has 4 rings (SSSR count). The molecule has 1 atom stereocenters. The topological polar surface area (TPSA) is 79.6 Å². The number of nitrogens with zero attached hydrogens (tertiary/aromatic N) is 4. The minimum Gasteiger partial charge on any atom is -0.350 e. The number of aromatic nitrogens is 3. The summed E-state index contributed by atoms with van der Waals surface area (Å²) in [6.45, 7) is 3.02. The summed E-state index contributed by atoms with van der Waals surface area (Å²) in [6.07, 6.45) is 3.67. The van der Waals surface area contributed by atoms with Crippen molar-refractivity contribution in [3.63, 3.8) is 0 Å². The summed E-state index contributed by atoms with van der Waals surface area (Å²) in [6, 6.07) is 9.36. The highest BCUT2D eigenvalue weighted by atomic mass is 32.1. The monoisotopic (exact) mass is 429 g/mol. The Morgan fingerprint density at radius 3 is 2.87 bits per heavy atom. The second-order valence-electron chi connectivity index (χ2n) is 7.42. The average Bonchev–Trinajstić information content (AvgIpc) is 3.20. The molecule has 1 amide bonds. The van der Waals surface area contributed by atoms with Crippen LogP contribution in [0.15, 0.2) is 35.1 Å². The van der Waals surface area contributed by atoms with E-state index in [-0.39, 0.29) is 17.6 Å². The first-order chi connectivity index (χ1) is 14.6. The number of aryl methyl sites for hydroxylation is 1. The van der Waals surface area contributed by atoms with Gasteiger partial charge in [0.1, 0.15) is 6.04 Å². The van der Waals surface area contributed by atoms with Crippen LogP contribution >= 0.6 is 11.3 Å². The Morgan fingerprint density at radius 2 is 2.10 bits per heavy atom. The van der Waals surface area contributed by atoms with E-state index < -0.39 is 11.4 Å². The van der Waals surface area contributed by atoms with Gasteiger partial charge in [0, 0.05) is 13.1 Å². The van der Waals surface area contributed by atoms with Gasteiger partial charge in [-0.15, -0.1) is 5.10 Å². The van der Waals surface area contributed by atoms with Gasteiger partial charge in [-0.05, 0) is 31.2 Å². The lowest BCUT2D eigenvalue weighted by molar-refractivity contribution is -0.123. The molecule has 158 valence electrons. The summed E-state index contributed by atoms with van der Waals surface area (Å²) in [5.74, 6) is -0.919. The average molecular weight is 430 g/mol. The van der Waals surface area contributed by atoms with Crippen molar-refractivity contribution < 1.29 is 9.18 Å². The fourth-order valence-corrected chi connectivity index (χ4v) is 4.70. The first-order valence-corrected chi connectivity index (χ1v) is 11.1. The minimum atomic E-state index is -0.845. The number of hydrogen-bond acceptors (Lipinski definition) is 6.